The Kier molecular flexibility index (Phi) is 4.12. The molecule has 0 aliphatic carbocycles. The standard InChI is InChI=1S/C17H15ClN4O/c1-11-6-7-22-15(8-11)20-12(2)16(22)17(23)21-19-10-13-4-3-5-14(18)9-13/h3-10H,1-2H3,(H,21,23)/b19-10-. The summed E-state index contributed by atoms with van der Waals surface area (Å²) in [5, 5.41) is 4.60. The van der Waals surface area contributed by atoms with E-state index in [2.05, 4.69) is 15.5 Å². The van der Waals surface area contributed by atoms with Crippen LogP contribution >= 0.6 is 11.6 Å². The number of imidazole rings is 1. The Morgan fingerprint density at radius 1 is 1.30 bits per heavy atom. The lowest BCUT2D eigenvalue weighted by Gasteiger charge is -2.02. The predicted octanol–water partition coefficient (Wildman–Crippen LogP) is 3.37. The molecule has 0 bridgehead atoms. The van der Waals surface area contributed by atoms with E-state index in [1.807, 2.05) is 37.4 Å². The molecular formula is C17H15ClN4O. The Labute approximate surface area is 138 Å². The molecule has 0 atom stereocenters. The summed E-state index contributed by atoms with van der Waals surface area (Å²) in [4.78, 5) is 16.8. The van der Waals surface area contributed by atoms with Gasteiger partial charge in [-0.2, -0.15) is 5.10 Å². The summed E-state index contributed by atoms with van der Waals surface area (Å²) < 4.78 is 1.76. The third-order valence-electron chi connectivity index (χ3n) is 3.40. The number of fused-ring (bicyclic) bond motifs is 1. The second kappa shape index (κ2) is 6.22. The Morgan fingerprint density at radius 2 is 2.13 bits per heavy atom. The average Bonchev–Trinajstić information content (AvgIpc) is 2.82. The first kappa shape index (κ1) is 15.2. The molecular weight excluding hydrogens is 312 g/mol. The Bertz CT molecular complexity index is 914. The molecule has 1 aromatic carbocycles. The number of benzene rings is 1. The molecule has 5 nitrogen and oxygen atoms in total. The summed E-state index contributed by atoms with van der Waals surface area (Å²) >= 11 is 5.91. The fourth-order valence-electron chi connectivity index (χ4n) is 2.34. The van der Waals surface area contributed by atoms with Crippen LogP contribution in [-0.2, 0) is 0 Å². The van der Waals surface area contributed by atoms with Crippen LogP contribution in [0.4, 0.5) is 0 Å². The summed E-state index contributed by atoms with van der Waals surface area (Å²) in [6.07, 6.45) is 3.38. The highest BCUT2D eigenvalue weighted by Crippen LogP contribution is 2.13. The van der Waals surface area contributed by atoms with Gasteiger partial charge in [-0.3, -0.25) is 9.20 Å². The van der Waals surface area contributed by atoms with Crippen LogP contribution in [0, 0.1) is 13.8 Å². The highest BCUT2D eigenvalue weighted by molar-refractivity contribution is 6.30. The molecule has 6 heteroatoms. The third kappa shape index (κ3) is 3.24. The zero-order valence-corrected chi connectivity index (χ0v) is 13.5. The van der Waals surface area contributed by atoms with Gasteiger partial charge in [-0.05, 0) is 49.2 Å². The summed E-state index contributed by atoms with van der Waals surface area (Å²) in [6.45, 7) is 3.79. The van der Waals surface area contributed by atoms with Crippen LogP contribution < -0.4 is 5.43 Å². The largest absolute Gasteiger partial charge is 0.295 e. The zero-order valence-electron chi connectivity index (χ0n) is 12.7. The van der Waals surface area contributed by atoms with E-state index in [-0.39, 0.29) is 5.91 Å². The van der Waals surface area contributed by atoms with Crippen molar-refractivity contribution in [2.45, 2.75) is 13.8 Å². The first-order chi connectivity index (χ1) is 11.0. The number of aryl methyl sites for hydroxylation is 2. The van der Waals surface area contributed by atoms with Crippen molar-refractivity contribution in [1.29, 1.82) is 0 Å². The highest BCUT2D eigenvalue weighted by Gasteiger charge is 2.15. The van der Waals surface area contributed by atoms with Gasteiger partial charge in [-0.15, -0.1) is 0 Å². The van der Waals surface area contributed by atoms with E-state index in [4.69, 9.17) is 11.6 Å². The van der Waals surface area contributed by atoms with Gasteiger partial charge in [-0.1, -0.05) is 23.7 Å². The number of carbonyl (C=O) groups excluding carboxylic acids is 1. The molecule has 1 amide bonds. The minimum Gasteiger partial charge on any atom is -0.295 e. The molecule has 0 saturated heterocycles. The van der Waals surface area contributed by atoms with Gasteiger partial charge in [0.2, 0.25) is 0 Å². The number of rotatable bonds is 3. The summed E-state index contributed by atoms with van der Waals surface area (Å²) in [6, 6.07) is 11.1. The number of pyridine rings is 1. The number of nitrogens with one attached hydrogen (secondary N) is 1. The van der Waals surface area contributed by atoms with E-state index in [0.29, 0.717) is 16.4 Å². The Balaban J connectivity index is 1.82. The smallest absolute Gasteiger partial charge is 0.290 e. The van der Waals surface area contributed by atoms with Gasteiger partial charge in [-0.25, -0.2) is 10.4 Å². The molecule has 0 radical (unpaired) electrons. The molecule has 23 heavy (non-hydrogen) atoms. The molecule has 2 aromatic heterocycles. The number of aromatic nitrogens is 2. The summed E-state index contributed by atoms with van der Waals surface area (Å²) in [7, 11) is 0. The van der Waals surface area contributed by atoms with Crippen molar-refractivity contribution in [3.8, 4) is 0 Å². The maximum absolute atomic E-state index is 12.4. The van der Waals surface area contributed by atoms with E-state index in [9.17, 15) is 4.79 Å². The van der Waals surface area contributed by atoms with Crippen molar-refractivity contribution in [3.05, 3.63) is 70.1 Å². The molecule has 116 valence electrons. The molecule has 0 fully saturated rings. The third-order valence-corrected chi connectivity index (χ3v) is 3.63. The number of nitrogens with zero attached hydrogens (tertiary/aromatic N) is 3. The zero-order chi connectivity index (χ0) is 16.4. The van der Waals surface area contributed by atoms with Gasteiger partial charge in [0.05, 0.1) is 11.9 Å². The summed E-state index contributed by atoms with van der Waals surface area (Å²) in [5.74, 6) is -0.308. The second-order valence-corrected chi connectivity index (χ2v) is 5.67. The average molecular weight is 327 g/mol. The first-order valence-electron chi connectivity index (χ1n) is 7.09. The number of halogens is 1. The summed E-state index contributed by atoms with van der Waals surface area (Å²) in [5.41, 5.74) is 6.30. The SMILES string of the molecule is Cc1ccn2c(C(=O)N/N=C\c3cccc(Cl)c3)c(C)nc2c1. The Morgan fingerprint density at radius 3 is 2.91 bits per heavy atom. The van der Waals surface area contributed by atoms with Gasteiger partial charge >= 0.3 is 0 Å². The number of carbonyl (C=O) groups is 1. The molecule has 0 aliphatic heterocycles. The van der Waals surface area contributed by atoms with Gasteiger partial charge in [0.15, 0.2) is 0 Å². The van der Waals surface area contributed by atoms with E-state index < -0.39 is 0 Å². The molecule has 3 rings (SSSR count). The van der Waals surface area contributed by atoms with Gasteiger partial charge < -0.3 is 0 Å². The van der Waals surface area contributed by atoms with Gasteiger partial charge in [0.25, 0.3) is 5.91 Å². The number of hydrogen-bond acceptors (Lipinski definition) is 3. The molecule has 2 heterocycles. The molecule has 0 aliphatic rings. The monoisotopic (exact) mass is 326 g/mol. The van der Waals surface area contributed by atoms with E-state index >= 15 is 0 Å². The van der Waals surface area contributed by atoms with E-state index in [0.717, 1.165) is 16.8 Å². The van der Waals surface area contributed by atoms with Crippen molar-refractivity contribution in [2.24, 2.45) is 5.10 Å². The second-order valence-electron chi connectivity index (χ2n) is 5.23. The van der Waals surface area contributed by atoms with Gasteiger partial charge in [0, 0.05) is 11.2 Å². The van der Waals surface area contributed by atoms with Crippen molar-refractivity contribution in [1.82, 2.24) is 14.8 Å². The Hall–Kier alpha value is -2.66. The highest BCUT2D eigenvalue weighted by atomic mass is 35.5. The molecule has 1 N–H and O–H groups in total. The maximum atomic E-state index is 12.4. The predicted molar refractivity (Wildman–Crippen MR) is 91.2 cm³/mol. The molecule has 0 spiro atoms. The van der Waals surface area contributed by atoms with Crippen LogP contribution in [0.5, 0.6) is 0 Å². The van der Waals surface area contributed by atoms with Crippen molar-refractivity contribution >= 4 is 29.4 Å². The number of hydrazone groups is 1. The molecule has 0 saturated carbocycles. The van der Waals surface area contributed by atoms with Crippen LogP contribution in [0.2, 0.25) is 5.02 Å². The minimum atomic E-state index is -0.308. The normalized spacial score (nSPS) is 11.3. The fourth-order valence-corrected chi connectivity index (χ4v) is 2.54. The quantitative estimate of drug-likeness (QED) is 0.592. The van der Waals surface area contributed by atoms with E-state index in [1.54, 1.807) is 29.7 Å². The van der Waals surface area contributed by atoms with Crippen molar-refractivity contribution in [2.75, 3.05) is 0 Å². The van der Waals surface area contributed by atoms with Crippen LogP contribution in [0.3, 0.4) is 0 Å². The molecule has 3 aromatic rings. The maximum Gasteiger partial charge on any atom is 0.290 e. The number of hydrogen-bond donors (Lipinski definition) is 1. The van der Waals surface area contributed by atoms with Gasteiger partial charge in [0.1, 0.15) is 11.3 Å². The van der Waals surface area contributed by atoms with Crippen molar-refractivity contribution in [3.63, 3.8) is 0 Å². The fraction of sp³-hybridized carbons (Fsp3) is 0.118. The molecule has 0 unspecified atom stereocenters. The van der Waals surface area contributed by atoms with Crippen LogP contribution in [-0.4, -0.2) is 21.5 Å². The van der Waals surface area contributed by atoms with Crippen LogP contribution in [0.15, 0.2) is 47.7 Å². The lowest BCUT2D eigenvalue weighted by molar-refractivity contribution is 0.0948. The van der Waals surface area contributed by atoms with Crippen LogP contribution in [0.25, 0.3) is 5.65 Å². The van der Waals surface area contributed by atoms with Crippen LogP contribution in [0.1, 0.15) is 27.3 Å². The van der Waals surface area contributed by atoms with E-state index in [1.165, 1.54) is 0 Å². The van der Waals surface area contributed by atoms with Crippen molar-refractivity contribution < 1.29 is 4.79 Å². The number of amides is 1. The first-order valence-corrected chi connectivity index (χ1v) is 7.46. The lowest BCUT2D eigenvalue weighted by Crippen LogP contribution is -2.20. The minimum absolute atomic E-state index is 0.308. The lowest BCUT2D eigenvalue weighted by atomic mass is 10.2. The topological polar surface area (TPSA) is 58.8 Å².